The first kappa shape index (κ1) is 16.9. The highest BCUT2D eigenvalue weighted by atomic mass is 35.5. The molecule has 0 saturated heterocycles. The van der Waals surface area contributed by atoms with E-state index in [9.17, 15) is 0 Å². The number of fused-ring (bicyclic) bond motifs is 1. The Kier molecular flexibility index (Phi) is 4.40. The number of pyridine rings is 1. The summed E-state index contributed by atoms with van der Waals surface area (Å²) in [4.78, 5) is 5.21. The van der Waals surface area contributed by atoms with E-state index >= 15 is 0 Å². The first-order valence-electron chi connectivity index (χ1n) is 9.86. The maximum Gasteiger partial charge on any atom is 0.207 e. The fourth-order valence-corrected chi connectivity index (χ4v) is 4.56. The molecule has 5 nitrogen and oxygen atoms in total. The number of nitrogens with zero attached hydrogens (tertiary/aromatic N) is 4. The van der Waals surface area contributed by atoms with Gasteiger partial charge in [-0.25, -0.2) is 0 Å². The summed E-state index contributed by atoms with van der Waals surface area (Å²) in [5, 5.41) is 15.9. The molecule has 1 aromatic carbocycles. The Labute approximate surface area is 163 Å². The van der Waals surface area contributed by atoms with Crippen LogP contribution >= 0.6 is 11.6 Å². The van der Waals surface area contributed by atoms with Crippen molar-refractivity contribution < 1.29 is 0 Å². The van der Waals surface area contributed by atoms with E-state index in [1.165, 1.54) is 55.3 Å². The van der Waals surface area contributed by atoms with Gasteiger partial charge >= 0.3 is 0 Å². The van der Waals surface area contributed by atoms with Crippen molar-refractivity contribution in [2.75, 3.05) is 0 Å². The number of benzene rings is 1. The molecule has 1 N–H and O–H groups in total. The summed E-state index contributed by atoms with van der Waals surface area (Å²) in [5.41, 5.74) is 7.15. The molecule has 0 aliphatic heterocycles. The Balaban J connectivity index is 1.84. The zero-order valence-corrected chi connectivity index (χ0v) is 16.0. The lowest BCUT2D eigenvalue weighted by molar-refractivity contribution is 0.411. The second-order valence-corrected chi connectivity index (χ2v) is 8.04. The number of halogens is 1. The molecule has 27 heavy (non-hydrogen) atoms. The van der Waals surface area contributed by atoms with Gasteiger partial charge in [-0.3, -0.25) is 4.98 Å². The van der Waals surface area contributed by atoms with Gasteiger partial charge in [-0.2, -0.15) is 5.21 Å². The van der Waals surface area contributed by atoms with E-state index in [-0.39, 0.29) is 0 Å². The largest absolute Gasteiger partial charge is 0.256 e. The Morgan fingerprint density at radius 1 is 1.00 bits per heavy atom. The quantitative estimate of drug-likeness (QED) is 0.641. The first-order valence-corrected chi connectivity index (χ1v) is 10.2. The molecule has 1 saturated carbocycles. The van der Waals surface area contributed by atoms with Crippen LogP contribution in [0.5, 0.6) is 0 Å². The zero-order chi connectivity index (χ0) is 18.2. The van der Waals surface area contributed by atoms with Crippen LogP contribution in [-0.2, 0) is 12.8 Å². The fourth-order valence-electron chi connectivity index (χ4n) is 4.37. The smallest absolute Gasteiger partial charge is 0.207 e. The van der Waals surface area contributed by atoms with Crippen LogP contribution in [0.2, 0.25) is 5.02 Å². The third kappa shape index (κ3) is 3.04. The second kappa shape index (κ2) is 7.04. The van der Waals surface area contributed by atoms with Crippen LogP contribution in [-0.4, -0.2) is 25.6 Å². The number of tetrazole rings is 1. The Bertz CT molecular complexity index is 963. The molecule has 138 valence electrons. The van der Waals surface area contributed by atoms with Gasteiger partial charge < -0.3 is 0 Å². The summed E-state index contributed by atoms with van der Waals surface area (Å²) in [7, 11) is 0. The summed E-state index contributed by atoms with van der Waals surface area (Å²) in [5.74, 6) is 1.14. The predicted molar refractivity (Wildman–Crippen MR) is 106 cm³/mol. The summed E-state index contributed by atoms with van der Waals surface area (Å²) in [6, 6.07) is 8.13. The minimum Gasteiger partial charge on any atom is -0.256 e. The Morgan fingerprint density at radius 3 is 2.63 bits per heavy atom. The molecule has 0 bridgehead atoms. The van der Waals surface area contributed by atoms with E-state index < -0.39 is 0 Å². The number of aryl methyl sites for hydroxylation is 1. The van der Waals surface area contributed by atoms with Crippen LogP contribution in [0, 0.1) is 0 Å². The second-order valence-electron chi connectivity index (χ2n) is 7.61. The first-order chi connectivity index (χ1) is 13.3. The third-order valence-corrected chi connectivity index (χ3v) is 6.16. The van der Waals surface area contributed by atoms with Crippen molar-refractivity contribution in [2.45, 2.75) is 57.3 Å². The fraction of sp³-hybridized carbons (Fsp3) is 0.429. The van der Waals surface area contributed by atoms with Gasteiger partial charge in [-0.1, -0.05) is 36.6 Å². The molecule has 1 fully saturated rings. The van der Waals surface area contributed by atoms with Crippen molar-refractivity contribution in [3.63, 3.8) is 0 Å². The summed E-state index contributed by atoms with van der Waals surface area (Å²) in [6.45, 7) is 0. The van der Waals surface area contributed by atoms with Crippen molar-refractivity contribution >= 4 is 11.6 Å². The lowest BCUT2D eigenvalue weighted by Crippen LogP contribution is -2.16. The molecule has 0 atom stereocenters. The van der Waals surface area contributed by atoms with Crippen molar-refractivity contribution in [1.82, 2.24) is 25.6 Å². The van der Waals surface area contributed by atoms with Crippen molar-refractivity contribution in [2.24, 2.45) is 0 Å². The lowest BCUT2D eigenvalue weighted by atomic mass is 9.78. The molecule has 0 radical (unpaired) electrons. The monoisotopic (exact) mass is 379 g/mol. The van der Waals surface area contributed by atoms with Gasteiger partial charge in [0.2, 0.25) is 5.82 Å². The van der Waals surface area contributed by atoms with Crippen LogP contribution in [0.3, 0.4) is 0 Å². The van der Waals surface area contributed by atoms with E-state index in [2.05, 4.69) is 32.8 Å². The van der Waals surface area contributed by atoms with E-state index in [0.717, 1.165) is 34.7 Å². The molecule has 0 spiro atoms. The molecule has 2 aliphatic carbocycles. The predicted octanol–water partition coefficient (Wildman–Crippen LogP) is 5.12. The standard InChI is InChI=1S/C21H22ClN5/c22-15-9-5-8-14(12-15)18-16-10-2-1-3-11-17(16)23-20(13-6-4-7-13)19(18)21-24-26-27-25-21/h5,8-9,12-13H,1-4,6-7,10-11H2,(H,24,25,26,27). The molecule has 2 aromatic heterocycles. The van der Waals surface area contributed by atoms with Crippen molar-refractivity contribution in [3.05, 3.63) is 46.2 Å². The number of aromatic nitrogens is 5. The van der Waals surface area contributed by atoms with Gasteiger partial charge in [0.1, 0.15) is 0 Å². The van der Waals surface area contributed by atoms with Gasteiger partial charge in [0.25, 0.3) is 0 Å². The molecule has 2 heterocycles. The van der Waals surface area contributed by atoms with Gasteiger partial charge in [0.05, 0.1) is 11.3 Å². The van der Waals surface area contributed by atoms with Gasteiger partial charge in [0.15, 0.2) is 0 Å². The molecule has 5 rings (SSSR count). The highest BCUT2D eigenvalue weighted by molar-refractivity contribution is 6.30. The van der Waals surface area contributed by atoms with Crippen LogP contribution in [0.15, 0.2) is 24.3 Å². The number of nitrogens with one attached hydrogen (secondary N) is 1. The van der Waals surface area contributed by atoms with Crippen molar-refractivity contribution in [1.29, 1.82) is 0 Å². The van der Waals surface area contributed by atoms with E-state index in [4.69, 9.17) is 16.6 Å². The molecule has 3 aromatic rings. The minimum absolute atomic E-state index is 0.491. The maximum atomic E-state index is 6.36. The van der Waals surface area contributed by atoms with Crippen LogP contribution in [0.1, 0.15) is 61.4 Å². The van der Waals surface area contributed by atoms with E-state index in [1.54, 1.807) is 0 Å². The number of hydrogen-bond donors (Lipinski definition) is 1. The summed E-state index contributed by atoms with van der Waals surface area (Å²) >= 11 is 6.36. The molecule has 0 amide bonds. The Hall–Kier alpha value is -2.27. The average molecular weight is 380 g/mol. The number of hydrogen-bond acceptors (Lipinski definition) is 4. The lowest BCUT2D eigenvalue weighted by Gasteiger charge is -2.29. The van der Waals surface area contributed by atoms with E-state index in [1.807, 2.05) is 12.1 Å². The molecule has 6 heteroatoms. The molecular formula is C21H22ClN5. The average Bonchev–Trinajstić information content (AvgIpc) is 3.05. The highest BCUT2D eigenvalue weighted by Gasteiger charge is 2.31. The minimum atomic E-state index is 0.491. The van der Waals surface area contributed by atoms with Gasteiger partial charge in [-0.05, 0) is 72.6 Å². The normalized spacial score (nSPS) is 17.2. The number of rotatable bonds is 3. The van der Waals surface area contributed by atoms with Crippen LogP contribution in [0.4, 0.5) is 0 Å². The SMILES string of the molecule is Clc1cccc(-c2c3c(nc(C4CCC4)c2-c2nn[nH]n2)CCCCC3)c1. The number of H-pyrrole nitrogens is 1. The number of aromatic amines is 1. The van der Waals surface area contributed by atoms with E-state index in [0.29, 0.717) is 11.7 Å². The van der Waals surface area contributed by atoms with Gasteiger partial charge in [-0.15, -0.1) is 10.2 Å². The summed E-state index contributed by atoms with van der Waals surface area (Å²) in [6.07, 6.45) is 9.38. The van der Waals surface area contributed by atoms with Gasteiger partial charge in [0, 0.05) is 16.6 Å². The highest BCUT2D eigenvalue weighted by Crippen LogP contribution is 2.46. The van der Waals surface area contributed by atoms with Crippen LogP contribution < -0.4 is 0 Å². The maximum absolute atomic E-state index is 6.36. The molecule has 0 unspecified atom stereocenters. The Morgan fingerprint density at radius 2 is 1.89 bits per heavy atom. The zero-order valence-electron chi connectivity index (χ0n) is 15.2. The summed E-state index contributed by atoms with van der Waals surface area (Å²) < 4.78 is 0. The molecular weight excluding hydrogens is 358 g/mol. The van der Waals surface area contributed by atoms with Crippen LogP contribution in [0.25, 0.3) is 22.5 Å². The molecule has 2 aliphatic rings. The topological polar surface area (TPSA) is 67.3 Å². The van der Waals surface area contributed by atoms with Crippen molar-refractivity contribution in [3.8, 4) is 22.5 Å². The third-order valence-electron chi connectivity index (χ3n) is 5.93.